The average Bonchev–Trinajstić information content (AvgIpc) is 3.63. The fourth-order valence-electron chi connectivity index (χ4n) is 5.15. The molecule has 1 aliphatic rings. The van der Waals surface area contributed by atoms with Crippen LogP contribution in [-0.4, -0.2) is 80.8 Å². The predicted octanol–water partition coefficient (Wildman–Crippen LogP) is 7.02. The van der Waals surface area contributed by atoms with Gasteiger partial charge in [0, 0.05) is 45.7 Å². The summed E-state index contributed by atoms with van der Waals surface area (Å²) in [4.78, 5) is 22.7. The zero-order valence-electron chi connectivity index (χ0n) is 27.7. The van der Waals surface area contributed by atoms with E-state index in [9.17, 15) is 4.79 Å². The second-order valence-electron chi connectivity index (χ2n) is 13.6. The lowest BCUT2D eigenvalue weighted by molar-refractivity contribution is -0.136. The second-order valence-corrected chi connectivity index (χ2v) is 19.2. The number of alkyl halides is 3. The number of halogens is 3. The fraction of sp³-hybridized carbons (Fsp3) is 0.469. The molecule has 0 N–H and O–H groups in total. The normalized spacial score (nSPS) is 14.4. The van der Waals surface area contributed by atoms with Crippen LogP contribution in [0.2, 0.25) is 25.7 Å². The number of carbonyl (C=O) groups excluding carboxylic acids is 1. The van der Waals surface area contributed by atoms with Crippen LogP contribution in [0.5, 0.6) is 5.75 Å². The lowest BCUT2D eigenvalue weighted by atomic mass is 10.00. The number of hydrogen-bond acceptors (Lipinski definition) is 8. The maximum atomic E-state index is 15.0. The molecule has 5 rings (SSSR count). The van der Waals surface area contributed by atoms with Crippen molar-refractivity contribution in [1.29, 1.82) is 0 Å². The molecule has 47 heavy (non-hydrogen) atoms. The number of pyridine rings is 2. The summed E-state index contributed by atoms with van der Waals surface area (Å²) in [5.74, 6) is 0.260. The van der Waals surface area contributed by atoms with Crippen LogP contribution in [-0.2, 0) is 22.4 Å². The third-order valence-electron chi connectivity index (χ3n) is 7.52. The predicted molar refractivity (Wildman–Crippen MR) is 173 cm³/mol. The highest BCUT2D eigenvalue weighted by Crippen LogP contribution is 2.44. The number of amides is 1. The first-order chi connectivity index (χ1) is 22.0. The molecule has 1 aliphatic heterocycles. The number of hydrogen-bond donors (Lipinski definition) is 0. The summed E-state index contributed by atoms with van der Waals surface area (Å²) in [7, 11) is -0.0258. The highest BCUT2D eigenvalue weighted by Gasteiger charge is 2.42. The van der Waals surface area contributed by atoms with Crippen LogP contribution in [0.3, 0.4) is 0 Å². The van der Waals surface area contributed by atoms with Gasteiger partial charge >= 0.3 is 12.3 Å². The van der Waals surface area contributed by atoms with E-state index in [1.54, 1.807) is 11.0 Å². The van der Waals surface area contributed by atoms with Gasteiger partial charge in [-0.3, -0.25) is 4.98 Å². The second kappa shape index (κ2) is 13.1. The summed E-state index contributed by atoms with van der Waals surface area (Å²) in [5, 5.41) is 8.57. The largest absolute Gasteiger partial charge is 0.493 e. The van der Waals surface area contributed by atoms with Gasteiger partial charge in [0.25, 0.3) is 0 Å². The number of rotatable bonds is 9. The minimum absolute atomic E-state index is 0.0590. The standard InChI is InChI=1S/C32H40F3N7O4Si/c1-31(2,3)46-30(43)40-12-10-21(11-13-40)22-8-9-24(36-17-22)27-26(32(33,34)35)28(42(39-27)20-45-14-15-47(5,6)7)23-16-25(44-4)29-37-19-38-41(29)18-23/h8-10,16-19H,11-15,20H2,1-7H3. The Kier molecular flexibility index (Phi) is 9.51. The highest BCUT2D eigenvalue weighted by atomic mass is 28.3. The molecule has 0 unspecified atom stereocenters. The van der Waals surface area contributed by atoms with Gasteiger partial charge in [-0.1, -0.05) is 31.8 Å². The van der Waals surface area contributed by atoms with E-state index in [1.165, 1.54) is 47.2 Å². The molecule has 15 heteroatoms. The molecule has 0 saturated carbocycles. The van der Waals surface area contributed by atoms with E-state index < -0.39 is 31.5 Å². The molecule has 1 amide bonds. The van der Waals surface area contributed by atoms with Gasteiger partial charge in [0.2, 0.25) is 0 Å². The molecule has 0 radical (unpaired) electrons. The van der Waals surface area contributed by atoms with Crippen LogP contribution in [0.15, 0.2) is 43.0 Å². The number of methoxy groups -OCH3 is 1. The lowest BCUT2D eigenvalue weighted by Gasteiger charge is -2.29. The minimum Gasteiger partial charge on any atom is -0.493 e. The molecular weight excluding hydrogens is 631 g/mol. The van der Waals surface area contributed by atoms with Crippen molar-refractivity contribution in [3.63, 3.8) is 0 Å². The zero-order valence-corrected chi connectivity index (χ0v) is 28.7. The molecule has 0 aliphatic carbocycles. The van der Waals surface area contributed by atoms with E-state index >= 15 is 13.2 Å². The van der Waals surface area contributed by atoms with Gasteiger partial charge in [-0.2, -0.15) is 23.4 Å². The Morgan fingerprint density at radius 3 is 2.45 bits per heavy atom. The van der Waals surface area contributed by atoms with Crippen molar-refractivity contribution >= 4 is 25.4 Å². The molecule has 4 aromatic rings. The Labute approximate surface area is 272 Å². The van der Waals surface area contributed by atoms with Crippen molar-refractivity contribution in [2.24, 2.45) is 0 Å². The van der Waals surface area contributed by atoms with Crippen LogP contribution in [0.25, 0.3) is 33.9 Å². The number of nitrogens with zero attached hydrogens (tertiary/aromatic N) is 7. The Bertz CT molecular complexity index is 1770. The van der Waals surface area contributed by atoms with Gasteiger partial charge in [-0.25, -0.2) is 19.0 Å². The van der Waals surface area contributed by atoms with E-state index in [4.69, 9.17) is 14.2 Å². The van der Waals surface area contributed by atoms with Crippen LogP contribution in [0, 0.1) is 0 Å². The Morgan fingerprint density at radius 2 is 1.85 bits per heavy atom. The van der Waals surface area contributed by atoms with E-state index in [2.05, 4.69) is 39.8 Å². The van der Waals surface area contributed by atoms with Crippen LogP contribution in [0.4, 0.5) is 18.0 Å². The van der Waals surface area contributed by atoms with E-state index in [0.29, 0.717) is 31.8 Å². The zero-order chi connectivity index (χ0) is 34.1. The van der Waals surface area contributed by atoms with Gasteiger partial charge in [-0.05, 0) is 56.5 Å². The van der Waals surface area contributed by atoms with Crippen molar-refractivity contribution < 1.29 is 32.2 Å². The summed E-state index contributed by atoms with van der Waals surface area (Å²) in [6.07, 6.45) is 1.58. The van der Waals surface area contributed by atoms with Crippen molar-refractivity contribution in [2.75, 3.05) is 26.8 Å². The highest BCUT2D eigenvalue weighted by molar-refractivity contribution is 6.76. The van der Waals surface area contributed by atoms with Gasteiger partial charge < -0.3 is 19.1 Å². The molecule has 0 atom stereocenters. The molecule has 11 nitrogen and oxygen atoms in total. The van der Waals surface area contributed by atoms with E-state index in [1.807, 2.05) is 26.8 Å². The first kappa shape index (κ1) is 34.1. The molecule has 0 saturated heterocycles. The van der Waals surface area contributed by atoms with Crippen LogP contribution in [0.1, 0.15) is 38.3 Å². The molecule has 0 fully saturated rings. The molecule has 0 spiro atoms. The van der Waals surface area contributed by atoms with Crippen molar-refractivity contribution in [2.45, 2.75) is 71.4 Å². The average molecular weight is 672 g/mol. The summed E-state index contributed by atoms with van der Waals surface area (Å²) in [5.41, 5.74) is 0.236. The quantitative estimate of drug-likeness (QED) is 0.138. The summed E-state index contributed by atoms with van der Waals surface area (Å²) < 4.78 is 64.4. The maximum Gasteiger partial charge on any atom is 0.420 e. The number of carbonyl (C=O) groups is 1. The molecule has 5 heterocycles. The lowest BCUT2D eigenvalue weighted by Crippen LogP contribution is -2.39. The molecular formula is C32H40F3N7O4Si. The Balaban J connectivity index is 1.51. The van der Waals surface area contributed by atoms with Crippen LogP contribution >= 0.6 is 0 Å². The molecule has 252 valence electrons. The maximum absolute atomic E-state index is 15.0. The van der Waals surface area contributed by atoms with Crippen molar-refractivity contribution in [3.8, 4) is 28.4 Å². The van der Waals surface area contributed by atoms with Crippen LogP contribution < -0.4 is 4.74 Å². The smallest absolute Gasteiger partial charge is 0.420 e. The van der Waals surface area contributed by atoms with Crippen molar-refractivity contribution in [3.05, 3.63) is 54.1 Å². The summed E-state index contributed by atoms with van der Waals surface area (Å²) >= 11 is 0. The van der Waals surface area contributed by atoms with Crippen molar-refractivity contribution in [1.82, 2.24) is 34.3 Å². The summed E-state index contributed by atoms with van der Waals surface area (Å²) in [6, 6.07) is 5.60. The summed E-state index contributed by atoms with van der Waals surface area (Å²) in [6.45, 7) is 13.0. The topological polar surface area (TPSA) is 109 Å². The van der Waals surface area contributed by atoms with E-state index in [0.717, 1.165) is 17.2 Å². The Hall–Kier alpha value is -4.24. The first-order valence-electron chi connectivity index (χ1n) is 15.3. The molecule has 0 bridgehead atoms. The SMILES string of the molecule is COc1cc(-c2c(C(F)(F)F)c(-c3ccc(C4=CCN(C(=O)OC(C)(C)C)CC4)cn3)nn2COCC[Si](C)(C)C)cn2ncnc12. The minimum atomic E-state index is -4.79. The molecule has 4 aromatic heterocycles. The number of aromatic nitrogens is 6. The monoisotopic (exact) mass is 671 g/mol. The number of fused-ring (bicyclic) bond motifs is 1. The third kappa shape index (κ3) is 8.01. The third-order valence-corrected chi connectivity index (χ3v) is 9.22. The number of ether oxygens (including phenoxy) is 3. The van der Waals surface area contributed by atoms with Gasteiger partial charge in [0.05, 0.1) is 18.5 Å². The Morgan fingerprint density at radius 1 is 1.09 bits per heavy atom. The van der Waals surface area contributed by atoms with Gasteiger partial charge in [-0.15, -0.1) is 0 Å². The van der Waals surface area contributed by atoms with E-state index in [-0.39, 0.29) is 35.1 Å². The van der Waals surface area contributed by atoms with Gasteiger partial charge in [0.1, 0.15) is 29.9 Å². The van der Waals surface area contributed by atoms with Gasteiger partial charge in [0.15, 0.2) is 11.4 Å². The first-order valence-corrected chi connectivity index (χ1v) is 19.0. The molecule has 0 aromatic carbocycles. The fourth-order valence-corrected chi connectivity index (χ4v) is 5.91.